The van der Waals surface area contributed by atoms with Crippen molar-refractivity contribution in [2.45, 2.75) is 51.1 Å². The molecular weight excluding hydrogens is 336 g/mol. The molecule has 0 radical (unpaired) electrons. The summed E-state index contributed by atoms with van der Waals surface area (Å²) < 4.78 is 23.6. The minimum Gasteiger partial charge on any atom is -0.375 e. The molecule has 0 N–H and O–H groups in total. The summed E-state index contributed by atoms with van der Waals surface area (Å²) in [5.74, 6) is 0.301. The zero-order valence-electron chi connectivity index (χ0n) is 15.1. The maximum Gasteiger partial charge on any atom is 0.254 e. The lowest BCUT2D eigenvalue weighted by molar-refractivity contribution is 0.0681. The van der Waals surface area contributed by atoms with Crippen molar-refractivity contribution in [1.82, 2.24) is 4.90 Å². The molecule has 138 valence electrons. The second kappa shape index (κ2) is 7.36. The molecule has 1 aliphatic carbocycles. The Balaban J connectivity index is 1.72. The number of hydrogen-bond acceptors (Lipinski definition) is 4. The van der Waals surface area contributed by atoms with Crippen LogP contribution in [0.2, 0.25) is 0 Å². The minimum atomic E-state index is -2.99. The van der Waals surface area contributed by atoms with E-state index in [1.54, 1.807) is 0 Å². The van der Waals surface area contributed by atoms with Gasteiger partial charge in [-0.25, -0.2) is 8.42 Å². The van der Waals surface area contributed by atoms with Gasteiger partial charge in [0.05, 0.1) is 11.5 Å². The van der Waals surface area contributed by atoms with E-state index in [1.807, 2.05) is 29.2 Å². The topological polar surface area (TPSA) is 57.7 Å². The van der Waals surface area contributed by atoms with Crippen molar-refractivity contribution in [1.29, 1.82) is 0 Å². The summed E-state index contributed by atoms with van der Waals surface area (Å²) >= 11 is 0. The van der Waals surface area contributed by atoms with Crippen LogP contribution in [0, 0.1) is 0 Å². The number of carbonyl (C=O) groups excluding carboxylic acids is 1. The molecule has 1 saturated heterocycles. The predicted molar refractivity (Wildman–Crippen MR) is 101 cm³/mol. The van der Waals surface area contributed by atoms with Gasteiger partial charge in [-0.2, -0.15) is 0 Å². The van der Waals surface area contributed by atoms with E-state index in [0.717, 1.165) is 37.9 Å². The van der Waals surface area contributed by atoms with Crippen LogP contribution in [0.3, 0.4) is 0 Å². The number of rotatable bonds is 7. The third kappa shape index (κ3) is 4.35. The van der Waals surface area contributed by atoms with Gasteiger partial charge in [-0.05, 0) is 49.9 Å². The van der Waals surface area contributed by atoms with Crippen LogP contribution in [0.5, 0.6) is 0 Å². The van der Waals surface area contributed by atoms with E-state index in [1.165, 1.54) is 0 Å². The second-order valence-electron chi connectivity index (χ2n) is 7.32. The fourth-order valence-corrected chi connectivity index (χ4v) is 5.22. The van der Waals surface area contributed by atoms with Crippen molar-refractivity contribution in [2.75, 3.05) is 30.0 Å². The van der Waals surface area contributed by atoms with Crippen molar-refractivity contribution >= 4 is 21.4 Å². The summed E-state index contributed by atoms with van der Waals surface area (Å²) in [6.07, 6.45) is 4.84. The average Bonchev–Trinajstić information content (AvgIpc) is 3.36. The first-order valence-electron chi connectivity index (χ1n) is 9.25. The van der Waals surface area contributed by atoms with Crippen LogP contribution in [0.25, 0.3) is 0 Å². The maximum absolute atomic E-state index is 13.0. The highest BCUT2D eigenvalue weighted by Gasteiger charge is 2.42. The van der Waals surface area contributed by atoms with Gasteiger partial charge in [0.25, 0.3) is 5.91 Å². The normalized spacial score (nSPS) is 21.9. The first-order valence-corrected chi connectivity index (χ1v) is 11.1. The third-order valence-electron chi connectivity index (χ3n) is 5.18. The van der Waals surface area contributed by atoms with Gasteiger partial charge in [0, 0.05) is 36.9 Å². The molecule has 1 unspecified atom stereocenters. The first-order chi connectivity index (χ1) is 11.9. The van der Waals surface area contributed by atoms with E-state index >= 15 is 0 Å². The van der Waals surface area contributed by atoms with Crippen LogP contribution in [0.1, 0.15) is 49.4 Å². The molecule has 0 spiro atoms. The Kier molecular flexibility index (Phi) is 5.37. The number of amides is 1. The summed E-state index contributed by atoms with van der Waals surface area (Å²) in [5.41, 5.74) is 1.76. The van der Waals surface area contributed by atoms with Gasteiger partial charge < -0.3 is 9.80 Å². The van der Waals surface area contributed by atoms with E-state index in [2.05, 4.69) is 18.9 Å². The van der Waals surface area contributed by atoms with E-state index in [0.29, 0.717) is 12.0 Å². The fourth-order valence-electron chi connectivity index (χ4n) is 3.51. The average molecular weight is 365 g/mol. The van der Waals surface area contributed by atoms with Gasteiger partial charge in [0.2, 0.25) is 0 Å². The number of benzene rings is 1. The lowest BCUT2D eigenvalue weighted by Crippen LogP contribution is -2.42. The monoisotopic (exact) mass is 364 g/mol. The van der Waals surface area contributed by atoms with Crippen LogP contribution < -0.4 is 4.90 Å². The van der Waals surface area contributed by atoms with E-state index in [9.17, 15) is 13.2 Å². The van der Waals surface area contributed by atoms with Crippen molar-refractivity contribution in [3.63, 3.8) is 0 Å². The molecule has 1 atom stereocenters. The Morgan fingerprint density at radius 2 is 1.80 bits per heavy atom. The molecule has 0 bridgehead atoms. The van der Waals surface area contributed by atoms with Gasteiger partial charge in [0.15, 0.2) is 9.84 Å². The molecule has 1 saturated carbocycles. The quantitative estimate of drug-likeness (QED) is 0.746. The Bertz CT molecular complexity index is 711. The molecule has 1 amide bonds. The summed E-state index contributed by atoms with van der Waals surface area (Å²) in [6, 6.07) is 7.78. The second-order valence-corrected chi connectivity index (χ2v) is 9.55. The molecule has 2 fully saturated rings. The molecule has 1 aromatic carbocycles. The molecule has 0 aromatic heterocycles. The lowest BCUT2D eigenvalue weighted by Gasteiger charge is -2.28. The van der Waals surface area contributed by atoms with Gasteiger partial charge in [-0.3, -0.25) is 4.79 Å². The number of sulfone groups is 1. The predicted octanol–water partition coefficient (Wildman–Crippen LogP) is 2.71. The molecular formula is C19H28N2O3S. The number of nitrogens with zero attached hydrogens (tertiary/aromatic N) is 2. The molecule has 25 heavy (non-hydrogen) atoms. The first kappa shape index (κ1) is 18.2. The van der Waals surface area contributed by atoms with Crippen LogP contribution in [0.15, 0.2) is 24.3 Å². The molecule has 1 aliphatic heterocycles. The molecule has 1 aromatic rings. The molecule has 1 heterocycles. The van der Waals surface area contributed by atoms with Gasteiger partial charge in [0.1, 0.15) is 0 Å². The highest BCUT2D eigenvalue weighted by atomic mass is 32.2. The summed E-state index contributed by atoms with van der Waals surface area (Å²) in [6.45, 7) is 3.17. The maximum atomic E-state index is 13.0. The highest BCUT2D eigenvalue weighted by molar-refractivity contribution is 7.91. The largest absolute Gasteiger partial charge is 0.375 e. The fraction of sp³-hybridized carbons (Fsp3) is 0.632. The van der Waals surface area contributed by atoms with Crippen LogP contribution in [-0.2, 0) is 9.84 Å². The SMILES string of the molecule is CCCCN(C)c1ccc(C(=O)N(C2CC2)C2CCS(=O)(=O)C2)cc1. The lowest BCUT2D eigenvalue weighted by atomic mass is 10.1. The van der Waals surface area contributed by atoms with Crippen molar-refractivity contribution in [3.05, 3.63) is 29.8 Å². The Morgan fingerprint density at radius 1 is 1.12 bits per heavy atom. The molecule has 6 heteroatoms. The smallest absolute Gasteiger partial charge is 0.254 e. The Hall–Kier alpha value is -1.56. The van der Waals surface area contributed by atoms with Crippen LogP contribution in [-0.4, -0.2) is 56.4 Å². The number of unbranched alkanes of at least 4 members (excludes halogenated alkanes) is 1. The minimum absolute atomic E-state index is 0.0210. The molecule has 2 aliphatic rings. The summed E-state index contributed by atoms with van der Waals surface area (Å²) in [5, 5.41) is 0. The van der Waals surface area contributed by atoms with Gasteiger partial charge in [-0.1, -0.05) is 13.3 Å². The Labute approximate surface area is 150 Å². The van der Waals surface area contributed by atoms with Gasteiger partial charge >= 0.3 is 0 Å². The van der Waals surface area contributed by atoms with Crippen molar-refractivity contribution in [2.24, 2.45) is 0 Å². The number of hydrogen-bond donors (Lipinski definition) is 0. The van der Waals surface area contributed by atoms with E-state index < -0.39 is 9.84 Å². The van der Waals surface area contributed by atoms with Crippen molar-refractivity contribution in [3.8, 4) is 0 Å². The van der Waals surface area contributed by atoms with E-state index in [4.69, 9.17) is 0 Å². The van der Waals surface area contributed by atoms with Crippen molar-refractivity contribution < 1.29 is 13.2 Å². The van der Waals surface area contributed by atoms with Crippen LogP contribution >= 0.6 is 0 Å². The van der Waals surface area contributed by atoms with Crippen LogP contribution in [0.4, 0.5) is 5.69 Å². The summed E-state index contributed by atoms with van der Waals surface area (Å²) in [7, 11) is -0.927. The standard InChI is InChI=1S/C19H28N2O3S/c1-3-4-12-20(2)16-7-5-15(6-8-16)19(22)21(17-9-10-17)18-11-13-25(23,24)14-18/h5-8,17-18H,3-4,9-14H2,1-2H3. The summed E-state index contributed by atoms with van der Waals surface area (Å²) in [4.78, 5) is 17.0. The van der Waals surface area contributed by atoms with E-state index in [-0.39, 0.29) is 29.5 Å². The number of anilines is 1. The number of carbonyl (C=O) groups is 1. The Morgan fingerprint density at radius 3 is 2.32 bits per heavy atom. The molecule has 5 nitrogen and oxygen atoms in total. The van der Waals surface area contributed by atoms with Gasteiger partial charge in [-0.15, -0.1) is 0 Å². The zero-order chi connectivity index (χ0) is 18.0. The molecule has 3 rings (SSSR count). The zero-order valence-corrected chi connectivity index (χ0v) is 16.0. The highest BCUT2D eigenvalue weighted by Crippen LogP contribution is 2.33. The third-order valence-corrected chi connectivity index (χ3v) is 6.93.